The number of piperazine rings is 1. The van der Waals surface area contributed by atoms with Crippen molar-refractivity contribution in [2.45, 2.75) is 26.2 Å². The molecule has 0 radical (unpaired) electrons. The summed E-state index contributed by atoms with van der Waals surface area (Å²) in [6, 6.07) is 6.73. The lowest BCUT2D eigenvalue weighted by atomic mass is 9.85. The zero-order valence-corrected chi connectivity index (χ0v) is 21.4. The van der Waals surface area contributed by atoms with Crippen molar-refractivity contribution in [1.82, 2.24) is 20.4 Å². The van der Waals surface area contributed by atoms with Crippen LogP contribution in [0, 0.1) is 5.82 Å². The van der Waals surface area contributed by atoms with Crippen molar-refractivity contribution in [2.75, 3.05) is 66.1 Å². The van der Waals surface area contributed by atoms with E-state index >= 15 is 0 Å². The van der Waals surface area contributed by atoms with Gasteiger partial charge in [-0.2, -0.15) is 0 Å². The molecule has 0 spiro atoms. The highest BCUT2D eigenvalue weighted by atomic mass is 127. The predicted octanol–water partition coefficient (Wildman–Crippen LogP) is 2.07. The SMILES string of the molecule is CCNC(=NCC(C)(C)c1cccc(F)c1)N1CCN(CC(=O)NCCOC)CC1.I. The maximum atomic E-state index is 13.6. The number of rotatable bonds is 9. The van der Waals surface area contributed by atoms with Gasteiger partial charge in [-0.15, -0.1) is 24.0 Å². The van der Waals surface area contributed by atoms with Crippen LogP contribution in [0.15, 0.2) is 29.3 Å². The molecule has 0 unspecified atom stereocenters. The first-order chi connectivity index (χ1) is 14.4. The minimum Gasteiger partial charge on any atom is -0.383 e. The Morgan fingerprint density at radius 1 is 1.23 bits per heavy atom. The molecule has 0 aliphatic carbocycles. The molecule has 1 amide bonds. The summed E-state index contributed by atoms with van der Waals surface area (Å²) in [5, 5.41) is 6.23. The number of ether oxygens (including phenoxy) is 1. The summed E-state index contributed by atoms with van der Waals surface area (Å²) in [4.78, 5) is 21.2. The monoisotopic (exact) mass is 549 g/mol. The summed E-state index contributed by atoms with van der Waals surface area (Å²) in [5.74, 6) is 0.669. The normalized spacial score (nSPS) is 15.4. The van der Waals surface area contributed by atoms with Crippen molar-refractivity contribution >= 4 is 35.8 Å². The number of amides is 1. The number of hydrogen-bond donors (Lipinski definition) is 2. The van der Waals surface area contributed by atoms with Gasteiger partial charge in [0, 0.05) is 51.8 Å². The van der Waals surface area contributed by atoms with Crippen LogP contribution in [0.2, 0.25) is 0 Å². The Hall–Kier alpha value is -1.46. The number of aliphatic imine (C=N–C) groups is 1. The largest absolute Gasteiger partial charge is 0.383 e. The van der Waals surface area contributed by atoms with E-state index in [2.05, 4.69) is 34.3 Å². The lowest BCUT2D eigenvalue weighted by Crippen LogP contribution is -2.54. The molecule has 1 aliphatic heterocycles. The summed E-state index contributed by atoms with van der Waals surface area (Å²) in [5.41, 5.74) is 0.664. The summed E-state index contributed by atoms with van der Waals surface area (Å²) >= 11 is 0. The number of carbonyl (C=O) groups excluding carboxylic acids is 1. The van der Waals surface area contributed by atoms with Crippen molar-refractivity contribution in [2.24, 2.45) is 4.99 Å². The third kappa shape index (κ3) is 9.28. The Kier molecular flexibility index (Phi) is 12.3. The van der Waals surface area contributed by atoms with E-state index in [-0.39, 0.29) is 41.1 Å². The standard InChI is InChI=1S/C22H36FN5O2.HI/c1-5-24-21(26-17-22(2,3)18-7-6-8-19(23)15-18)28-12-10-27(11-13-28)16-20(29)25-9-14-30-4;/h6-8,15H,5,9-14,16-17H2,1-4H3,(H,24,26)(H,25,29);1H. The third-order valence-electron chi connectivity index (χ3n) is 5.23. The Labute approximate surface area is 202 Å². The Morgan fingerprint density at radius 2 is 1.94 bits per heavy atom. The molecule has 2 rings (SSSR count). The van der Waals surface area contributed by atoms with Gasteiger partial charge in [-0.3, -0.25) is 14.7 Å². The van der Waals surface area contributed by atoms with Gasteiger partial charge in [-0.25, -0.2) is 4.39 Å². The molecule has 1 aromatic carbocycles. The minimum absolute atomic E-state index is 0. The van der Waals surface area contributed by atoms with E-state index in [9.17, 15) is 9.18 Å². The number of nitrogens with one attached hydrogen (secondary N) is 2. The van der Waals surface area contributed by atoms with Gasteiger partial charge in [-0.1, -0.05) is 26.0 Å². The van der Waals surface area contributed by atoms with Crippen LogP contribution in [0.5, 0.6) is 0 Å². The van der Waals surface area contributed by atoms with Gasteiger partial charge in [-0.05, 0) is 24.6 Å². The molecular formula is C22H37FIN5O2. The summed E-state index contributed by atoms with van der Waals surface area (Å²) < 4.78 is 18.6. The fourth-order valence-electron chi connectivity index (χ4n) is 3.37. The Bertz CT molecular complexity index is 709. The average Bonchev–Trinajstić information content (AvgIpc) is 2.72. The van der Waals surface area contributed by atoms with Gasteiger partial charge < -0.3 is 20.3 Å². The smallest absolute Gasteiger partial charge is 0.234 e. The molecule has 1 heterocycles. The molecule has 1 aliphatic rings. The summed E-state index contributed by atoms with van der Waals surface area (Å²) in [6.07, 6.45) is 0. The van der Waals surface area contributed by atoms with Gasteiger partial charge in [0.2, 0.25) is 5.91 Å². The van der Waals surface area contributed by atoms with Crippen molar-refractivity contribution in [3.05, 3.63) is 35.6 Å². The maximum Gasteiger partial charge on any atom is 0.234 e. The van der Waals surface area contributed by atoms with Crippen LogP contribution in [-0.2, 0) is 14.9 Å². The van der Waals surface area contributed by atoms with Gasteiger partial charge in [0.15, 0.2) is 5.96 Å². The topological polar surface area (TPSA) is 69.2 Å². The average molecular weight is 549 g/mol. The molecule has 31 heavy (non-hydrogen) atoms. The van der Waals surface area contributed by atoms with E-state index in [1.807, 2.05) is 13.0 Å². The van der Waals surface area contributed by atoms with Crippen molar-refractivity contribution in [3.8, 4) is 0 Å². The first-order valence-electron chi connectivity index (χ1n) is 10.6. The highest BCUT2D eigenvalue weighted by molar-refractivity contribution is 14.0. The van der Waals surface area contributed by atoms with Gasteiger partial charge >= 0.3 is 0 Å². The number of halogens is 2. The van der Waals surface area contributed by atoms with Crippen LogP contribution < -0.4 is 10.6 Å². The highest BCUT2D eigenvalue weighted by Crippen LogP contribution is 2.24. The molecule has 0 saturated carbocycles. The first kappa shape index (κ1) is 27.6. The van der Waals surface area contributed by atoms with Gasteiger partial charge in [0.1, 0.15) is 5.82 Å². The predicted molar refractivity (Wildman–Crippen MR) is 134 cm³/mol. The first-order valence-corrected chi connectivity index (χ1v) is 10.6. The number of carbonyl (C=O) groups is 1. The Morgan fingerprint density at radius 3 is 2.55 bits per heavy atom. The van der Waals surface area contributed by atoms with Crippen LogP contribution in [0.4, 0.5) is 4.39 Å². The fourth-order valence-corrected chi connectivity index (χ4v) is 3.37. The van der Waals surface area contributed by atoms with E-state index < -0.39 is 0 Å². The van der Waals surface area contributed by atoms with Crippen LogP contribution in [0.3, 0.4) is 0 Å². The van der Waals surface area contributed by atoms with Crippen molar-refractivity contribution < 1.29 is 13.9 Å². The Balaban J connectivity index is 0.00000480. The molecule has 176 valence electrons. The lowest BCUT2D eigenvalue weighted by Gasteiger charge is -2.36. The van der Waals surface area contributed by atoms with Crippen LogP contribution in [0.25, 0.3) is 0 Å². The van der Waals surface area contributed by atoms with Gasteiger partial charge in [0.05, 0.1) is 19.7 Å². The number of guanidine groups is 1. The molecule has 9 heteroatoms. The molecule has 0 aromatic heterocycles. The molecule has 2 N–H and O–H groups in total. The summed E-state index contributed by atoms with van der Waals surface area (Å²) in [7, 11) is 1.62. The third-order valence-corrected chi connectivity index (χ3v) is 5.23. The van der Waals surface area contributed by atoms with Crippen molar-refractivity contribution in [1.29, 1.82) is 0 Å². The van der Waals surface area contributed by atoms with E-state index in [0.29, 0.717) is 26.2 Å². The van der Waals surface area contributed by atoms with E-state index in [1.165, 1.54) is 6.07 Å². The molecule has 1 aromatic rings. The number of methoxy groups -OCH3 is 1. The number of benzene rings is 1. The number of hydrogen-bond acceptors (Lipinski definition) is 4. The molecule has 0 atom stereocenters. The molecular weight excluding hydrogens is 512 g/mol. The summed E-state index contributed by atoms with van der Waals surface area (Å²) in [6.45, 7) is 12.2. The minimum atomic E-state index is -0.273. The van der Waals surface area contributed by atoms with Gasteiger partial charge in [0.25, 0.3) is 0 Å². The van der Waals surface area contributed by atoms with E-state index in [0.717, 1.165) is 44.2 Å². The van der Waals surface area contributed by atoms with E-state index in [1.54, 1.807) is 19.2 Å². The van der Waals surface area contributed by atoms with Crippen LogP contribution in [-0.4, -0.2) is 87.7 Å². The second kappa shape index (κ2) is 13.8. The number of nitrogens with zero attached hydrogens (tertiary/aromatic N) is 3. The molecule has 1 saturated heterocycles. The van der Waals surface area contributed by atoms with Crippen LogP contribution >= 0.6 is 24.0 Å². The maximum absolute atomic E-state index is 13.6. The zero-order valence-electron chi connectivity index (χ0n) is 19.1. The fraction of sp³-hybridized carbons (Fsp3) is 0.636. The molecule has 1 fully saturated rings. The molecule has 0 bridgehead atoms. The zero-order chi connectivity index (χ0) is 22.0. The highest BCUT2D eigenvalue weighted by Gasteiger charge is 2.24. The van der Waals surface area contributed by atoms with Crippen molar-refractivity contribution in [3.63, 3.8) is 0 Å². The lowest BCUT2D eigenvalue weighted by molar-refractivity contribution is -0.122. The molecule has 7 nitrogen and oxygen atoms in total. The van der Waals surface area contributed by atoms with Crippen LogP contribution in [0.1, 0.15) is 26.3 Å². The second-order valence-electron chi connectivity index (χ2n) is 8.17. The second-order valence-corrected chi connectivity index (χ2v) is 8.17. The quantitative estimate of drug-likeness (QED) is 0.214. The van der Waals surface area contributed by atoms with E-state index in [4.69, 9.17) is 9.73 Å².